The fourth-order valence-electron chi connectivity index (χ4n) is 0. The fraction of sp³-hybridized carbons (Fsp3) is 1.00. The SMILES string of the molecule is CS(=O)(=O)O.[MgH2]. The summed E-state index contributed by atoms with van der Waals surface area (Å²) < 4.78 is 25.9. The molecule has 0 aliphatic rings. The highest BCUT2D eigenvalue weighted by atomic mass is 32.2. The van der Waals surface area contributed by atoms with E-state index in [1.54, 1.807) is 0 Å². The molecule has 0 spiro atoms. The molecule has 0 fully saturated rings. The first-order valence-electron chi connectivity index (χ1n) is 0.924. The molecular formula is CH6MgO3S. The zero-order valence-corrected chi connectivity index (χ0v) is 3.49. The summed E-state index contributed by atoms with van der Waals surface area (Å²) in [5.41, 5.74) is 0. The van der Waals surface area contributed by atoms with Gasteiger partial charge in [-0.3, -0.25) is 4.55 Å². The van der Waals surface area contributed by atoms with Crippen LogP contribution in [-0.4, -0.2) is 42.3 Å². The summed E-state index contributed by atoms with van der Waals surface area (Å²) in [6.07, 6.45) is 0.715. The van der Waals surface area contributed by atoms with Crippen LogP contribution in [0.25, 0.3) is 0 Å². The van der Waals surface area contributed by atoms with Crippen molar-refractivity contribution >= 4 is 33.2 Å². The highest BCUT2D eigenvalue weighted by Crippen LogP contribution is 1.60. The average molecular weight is 122 g/mol. The van der Waals surface area contributed by atoms with Crippen LogP contribution in [-0.2, 0) is 10.1 Å². The largest absolute Gasteiger partial charge is 0.316 e. The Morgan fingerprint density at radius 3 is 1.50 bits per heavy atom. The van der Waals surface area contributed by atoms with Crippen LogP contribution in [0.1, 0.15) is 0 Å². The van der Waals surface area contributed by atoms with Crippen molar-refractivity contribution in [2.45, 2.75) is 0 Å². The average Bonchev–Trinajstić information content (AvgIpc) is 0.722. The molecular weight excluding hydrogens is 116 g/mol. The van der Waals surface area contributed by atoms with Crippen molar-refractivity contribution in [3.05, 3.63) is 0 Å². The monoisotopic (exact) mass is 122 g/mol. The molecule has 5 heteroatoms. The Bertz CT molecular complexity index is 94.0. The van der Waals surface area contributed by atoms with E-state index in [0.29, 0.717) is 6.26 Å². The molecule has 6 heavy (non-hydrogen) atoms. The van der Waals surface area contributed by atoms with Crippen molar-refractivity contribution in [3.63, 3.8) is 0 Å². The van der Waals surface area contributed by atoms with Gasteiger partial charge >= 0.3 is 23.1 Å². The summed E-state index contributed by atoms with van der Waals surface area (Å²) in [6, 6.07) is 0. The molecule has 0 bridgehead atoms. The van der Waals surface area contributed by atoms with E-state index in [1.807, 2.05) is 0 Å². The lowest BCUT2D eigenvalue weighted by Gasteiger charge is -1.69. The van der Waals surface area contributed by atoms with Gasteiger partial charge < -0.3 is 0 Å². The van der Waals surface area contributed by atoms with Crippen LogP contribution in [0, 0.1) is 0 Å². The van der Waals surface area contributed by atoms with Crippen LogP contribution in [0.15, 0.2) is 0 Å². The topological polar surface area (TPSA) is 54.4 Å². The summed E-state index contributed by atoms with van der Waals surface area (Å²) in [5.74, 6) is 0. The van der Waals surface area contributed by atoms with E-state index in [4.69, 9.17) is 4.55 Å². The molecule has 0 atom stereocenters. The summed E-state index contributed by atoms with van der Waals surface area (Å²) in [7, 11) is -3.67. The molecule has 0 aromatic rings. The second-order valence-corrected chi connectivity index (χ2v) is 2.20. The van der Waals surface area contributed by atoms with Crippen LogP contribution in [0.4, 0.5) is 0 Å². The third-order valence-corrected chi connectivity index (χ3v) is 0. The lowest BCUT2D eigenvalue weighted by Crippen LogP contribution is -1.88. The van der Waals surface area contributed by atoms with Gasteiger partial charge in [-0.15, -0.1) is 0 Å². The minimum absolute atomic E-state index is 0. The maximum Gasteiger partial charge on any atom is 0.316 e. The summed E-state index contributed by atoms with van der Waals surface area (Å²) in [4.78, 5) is 0. The zero-order valence-electron chi connectivity index (χ0n) is 2.67. The zero-order chi connectivity index (χ0) is 4.50. The van der Waals surface area contributed by atoms with E-state index < -0.39 is 10.1 Å². The third-order valence-electron chi connectivity index (χ3n) is 0. The fourth-order valence-corrected chi connectivity index (χ4v) is 0. The van der Waals surface area contributed by atoms with Gasteiger partial charge in [-0.05, 0) is 0 Å². The first-order valence-corrected chi connectivity index (χ1v) is 2.77. The lowest BCUT2D eigenvalue weighted by molar-refractivity contribution is 0.490. The molecule has 3 nitrogen and oxygen atoms in total. The molecule has 0 saturated carbocycles. The normalized spacial score (nSPS) is 9.67. The Hall–Kier alpha value is 0.676. The van der Waals surface area contributed by atoms with Crippen LogP contribution in [0.2, 0.25) is 0 Å². The standard InChI is InChI=1S/CH4O3S.Mg.2H/c1-5(2,3)4;;;/h1H3,(H,2,3,4);;;. The van der Waals surface area contributed by atoms with Gasteiger partial charge in [0, 0.05) is 0 Å². The number of hydrogen-bond donors (Lipinski definition) is 1. The quantitative estimate of drug-likeness (QED) is 0.317. The van der Waals surface area contributed by atoms with Gasteiger partial charge in [-0.25, -0.2) is 0 Å². The lowest BCUT2D eigenvalue weighted by atomic mass is 12.0. The van der Waals surface area contributed by atoms with Crippen molar-refractivity contribution in [3.8, 4) is 0 Å². The predicted octanol–water partition coefficient (Wildman–Crippen LogP) is -1.41. The smallest absolute Gasteiger partial charge is 0.286 e. The van der Waals surface area contributed by atoms with Crippen LogP contribution >= 0.6 is 0 Å². The Kier molecular flexibility index (Phi) is 4.57. The second kappa shape index (κ2) is 2.78. The molecule has 0 rings (SSSR count). The molecule has 0 aromatic heterocycles. The highest BCUT2D eigenvalue weighted by molar-refractivity contribution is 7.85. The summed E-state index contributed by atoms with van der Waals surface area (Å²) in [6.45, 7) is 0. The predicted molar refractivity (Wildman–Crippen MR) is 26.0 cm³/mol. The Balaban J connectivity index is 0. The van der Waals surface area contributed by atoms with Crippen molar-refractivity contribution in [1.29, 1.82) is 0 Å². The summed E-state index contributed by atoms with van der Waals surface area (Å²) in [5, 5.41) is 0. The van der Waals surface area contributed by atoms with Gasteiger partial charge in [0.2, 0.25) is 0 Å². The van der Waals surface area contributed by atoms with E-state index >= 15 is 0 Å². The Morgan fingerprint density at radius 1 is 1.50 bits per heavy atom. The van der Waals surface area contributed by atoms with E-state index in [0.717, 1.165) is 0 Å². The van der Waals surface area contributed by atoms with Gasteiger partial charge in [0.25, 0.3) is 10.1 Å². The van der Waals surface area contributed by atoms with Crippen LogP contribution < -0.4 is 0 Å². The van der Waals surface area contributed by atoms with Gasteiger partial charge in [-0.2, -0.15) is 8.42 Å². The molecule has 0 aliphatic heterocycles. The minimum atomic E-state index is -3.67. The number of hydrogen-bond acceptors (Lipinski definition) is 2. The summed E-state index contributed by atoms with van der Waals surface area (Å²) >= 11 is 0. The highest BCUT2D eigenvalue weighted by Gasteiger charge is 1.81. The molecule has 36 valence electrons. The van der Waals surface area contributed by atoms with Crippen molar-refractivity contribution in [2.75, 3.05) is 6.26 Å². The first kappa shape index (κ1) is 9.84. The van der Waals surface area contributed by atoms with Crippen LogP contribution in [0.3, 0.4) is 0 Å². The van der Waals surface area contributed by atoms with Crippen LogP contribution in [0.5, 0.6) is 0 Å². The van der Waals surface area contributed by atoms with E-state index in [1.165, 1.54) is 0 Å². The van der Waals surface area contributed by atoms with Crippen molar-refractivity contribution in [1.82, 2.24) is 0 Å². The van der Waals surface area contributed by atoms with Gasteiger partial charge in [0.05, 0.1) is 6.26 Å². The maximum atomic E-state index is 9.19. The molecule has 0 unspecified atom stereocenters. The first-order chi connectivity index (χ1) is 2.00. The molecule has 0 aromatic carbocycles. The Morgan fingerprint density at radius 2 is 1.50 bits per heavy atom. The van der Waals surface area contributed by atoms with Crippen molar-refractivity contribution < 1.29 is 13.0 Å². The molecule has 0 aliphatic carbocycles. The van der Waals surface area contributed by atoms with E-state index in [-0.39, 0.29) is 23.1 Å². The van der Waals surface area contributed by atoms with Crippen molar-refractivity contribution in [2.24, 2.45) is 0 Å². The Labute approximate surface area is 52.6 Å². The van der Waals surface area contributed by atoms with E-state index in [2.05, 4.69) is 0 Å². The molecule has 0 amide bonds. The third kappa shape index (κ3) is 138. The minimum Gasteiger partial charge on any atom is -0.286 e. The van der Waals surface area contributed by atoms with Gasteiger partial charge in [0.1, 0.15) is 0 Å². The second-order valence-electron chi connectivity index (χ2n) is 0.733. The number of rotatable bonds is 0. The van der Waals surface area contributed by atoms with E-state index in [9.17, 15) is 8.42 Å². The van der Waals surface area contributed by atoms with Gasteiger partial charge in [-0.1, -0.05) is 0 Å². The molecule has 1 N–H and O–H groups in total. The molecule has 0 radical (unpaired) electrons. The molecule has 0 saturated heterocycles. The maximum absolute atomic E-state index is 9.19. The van der Waals surface area contributed by atoms with Gasteiger partial charge in [0.15, 0.2) is 0 Å². The molecule has 0 heterocycles.